The summed E-state index contributed by atoms with van der Waals surface area (Å²) in [6.07, 6.45) is 3.65. The predicted octanol–water partition coefficient (Wildman–Crippen LogP) is 3.78. The molecule has 1 aromatic carbocycles. The molecular weight excluding hydrogens is 227 g/mol. The van der Waals surface area contributed by atoms with Gasteiger partial charge in [0.15, 0.2) is 0 Å². The number of carbonyl (C=O) groups is 1. The lowest BCUT2D eigenvalue weighted by Crippen LogP contribution is -2.16. The molecule has 0 saturated heterocycles. The van der Waals surface area contributed by atoms with Gasteiger partial charge < -0.3 is 0 Å². The average Bonchev–Trinajstić information content (AvgIpc) is 2.26. The topological polar surface area (TPSA) is 17.1 Å². The Kier molecular flexibility index (Phi) is 3.59. The van der Waals surface area contributed by atoms with Crippen LogP contribution in [0.15, 0.2) is 18.2 Å². The zero-order chi connectivity index (χ0) is 11.5. The SMILES string of the molecule is O=C1CCC(Cc2c(F)cccc2Cl)CC1. The quantitative estimate of drug-likeness (QED) is 0.769. The molecule has 1 nitrogen and oxygen atoms in total. The van der Waals surface area contributed by atoms with E-state index in [0.717, 1.165) is 12.8 Å². The van der Waals surface area contributed by atoms with E-state index in [-0.39, 0.29) is 5.82 Å². The molecule has 0 aromatic heterocycles. The fourth-order valence-corrected chi connectivity index (χ4v) is 2.46. The van der Waals surface area contributed by atoms with Crippen molar-refractivity contribution in [1.82, 2.24) is 0 Å². The van der Waals surface area contributed by atoms with Crippen molar-refractivity contribution >= 4 is 17.4 Å². The minimum atomic E-state index is -0.232. The molecule has 2 rings (SSSR count). The van der Waals surface area contributed by atoms with Gasteiger partial charge in [0.2, 0.25) is 0 Å². The largest absolute Gasteiger partial charge is 0.300 e. The Labute approximate surface area is 99.6 Å². The van der Waals surface area contributed by atoms with Crippen molar-refractivity contribution < 1.29 is 9.18 Å². The standard InChI is InChI=1S/C13H14ClFO/c14-12-2-1-3-13(15)11(12)8-9-4-6-10(16)7-5-9/h1-3,9H,4-8H2. The molecule has 0 aliphatic heterocycles. The number of halogens is 2. The third-order valence-electron chi connectivity index (χ3n) is 3.22. The van der Waals surface area contributed by atoms with Crippen molar-refractivity contribution in [2.75, 3.05) is 0 Å². The maximum atomic E-state index is 13.5. The smallest absolute Gasteiger partial charge is 0.132 e. The summed E-state index contributed by atoms with van der Waals surface area (Å²) in [4.78, 5) is 11.1. The molecule has 1 aliphatic rings. The highest BCUT2D eigenvalue weighted by Crippen LogP contribution is 2.29. The van der Waals surface area contributed by atoms with Crippen LogP contribution in [0.5, 0.6) is 0 Å². The third-order valence-corrected chi connectivity index (χ3v) is 3.57. The Morgan fingerprint density at radius 2 is 2.00 bits per heavy atom. The van der Waals surface area contributed by atoms with Gasteiger partial charge in [-0.25, -0.2) is 4.39 Å². The lowest BCUT2D eigenvalue weighted by molar-refractivity contribution is -0.120. The van der Waals surface area contributed by atoms with Crippen LogP contribution in [-0.2, 0) is 11.2 Å². The summed E-state index contributed by atoms with van der Waals surface area (Å²) in [5.41, 5.74) is 0.600. The van der Waals surface area contributed by atoms with Crippen molar-refractivity contribution in [1.29, 1.82) is 0 Å². The highest BCUT2D eigenvalue weighted by atomic mass is 35.5. The van der Waals surface area contributed by atoms with Crippen LogP contribution in [0.3, 0.4) is 0 Å². The molecule has 0 unspecified atom stereocenters. The van der Waals surface area contributed by atoms with Crippen LogP contribution in [0.25, 0.3) is 0 Å². The molecule has 0 heterocycles. The Balaban J connectivity index is 2.06. The highest BCUT2D eigenvalue weighted by Gasteiger charge is 2.21. The number of carbonyl (C=O) groups excluding carboxylic acids is 1. The van der Waals surface area contributed by atoms with E-state index in [9.17, 15) is 9.18 Å². The molecule has 0 spiro atoms. The first-order chi connectivity index (χ1) is 7.66. The molecule has 1 aromatic rings. The third kappa shape index (κ3) is 2.62. The Hall–Kier alpha value is -0.890. The van der Waals surface area contributed by atoms with Gasteiger partial charge in [-0.2, -0.15) is 0 Å². The Morgan fingerprint density at radius 3 is 2.62 bits per heavy atom. The number of Topliss-reactive ketones (excluding diaryl/α,β-unsaturated/α-hetero) is 1. The molecule has 0 N–H and O–H groups in total. The molecule has 16 heavy (non-hydrogen) atoms. The van der Waals surface area contributed by atoms with Gasteiger partial charge in [-0.05, 0) is 37.3 Å². The Bertz CT molecular complexity index is 373. The lowest BCUT2D eigenvalue weighted by atomic mass is 9.84. The molecule has 3 heteroatoms. The molecule has 0 bridgehead atoms. The molecule has 0 radical (unpaired) electrons. The summed E-state index contributed by atoms with van der Waals surface area (Å²) in [6, 6.07) is 4.77. The van der Waals surface area contributed by atoms with Gasteiger partial charge in [-0.15, -0.1) is 0 Å². The monoisotopic (exact) mass is 240 g/mol. The fraction of sp³-hybridized carbons (Fsp3) is 0.462. The van der Waals surface area contributed by atoms with Crippen molar-refractivity contribution in [3.63, 3.8) is 0 Å². The van der Waals surface area contributed by atoms with Crippen LogP contribution >= 0.6 is 11.6 Å². The van der Waals surface area contributed by atoms with E-state index in [4.69, 9.17) is 11.6 Å². The van der Waals surface area contributed by atoms with Crippen LogP contribution in [-0.4, -0.2) is 5.78 Å². The van der Waals surface area contributed by atoms with Gasteiger partial charge in [-0.1, -0.05) is 17.7 Å². The summed E-state index contributed by atoms with van der Waals surface area (Å²) >= 11 is 5.97. The zero-order valence-corrected chi connectivity index (χ0v) is 9.77. The maximum absolute atomic E-state index is 13.5. The van der Waals surface area contributed by atoms with E-state index in [1.807, 2.05) is 0 Å². The highest BCUT2D eigenvalue weighted by molar-refractivity contribution is 6.31. The van der Waals surface area contributed by atoms with E-state index >= 15 is 0 Å². The maximum Gasteiger partial charge on any atom is 0.132 e. The summed E-state index contributed by atoms with van der Waals surface area (Å²) in [7, 11) is 0. The first-order valence-electron chi connectivity index (χ1n) is 5.61. The number of ketones is 1. The predicted molar refractivity (Wildman–Crippen MR) is 62.1 cm³/mol. The van der Waals surface area contributed by atoms with E-state index in [1.165, 1.54) is 6.07 Å². The van der Waals surface area contributed by atoms with Gasteiger partial charge in [0.05, 0.1) is 0 Å². The van der Waals surface area contributed by atoms with E-state index < -0.39 is 0 Å². The van der Waals surface area contributed by atoms with Gasteiger partial charge in [0.1, 0.15) is 11.6 Å². The summed E-state index contributed by atoms with van der Waals surface area (Å²) < 4.78 is 13.5. The van der Waals surface area contributed by atoms with E-state index in [1.54, 1.807) is 12.1 Å². The number of hydrogen-bond acceptors (Lipinski definition) is 1. The van der Waals surface area contributed by atoms with Crippen molar-refractivity contribution in [2.45, 2.75) is 32.1 Å². The van der Waals surface area contributed by atoms with Crippen LogP contribution < -0.4 is 0 Å². The van der Waals surface area contributed by atoms with Crippen LogP contribution in [0, 0.1) is 11.7 Å². The molecule has 86 valence electrons. The van der Waals surface area contributed by atoms with Crippen LogP contribution in [0.2, 0.25) is 5.02 Å². The molecular formula is C13H14ClFO. The van der Waals surface area contributed by atoms with Crippen LogP contribution in [0.1, 0.15) is 31.2 Å². The van der Waals surface area contributed by atoms with Gasteiger partial charge in [0, 0.05) is 23.4 Å². The van der Waals surface area contributed by atoms with E-state index in [2.05, 4.69) is 0 Å². The average molecular weight is 241 g/mol. The molecule has 0 atom stereocenters. The Morgan fingerprint density at radius 1 is 1.31 bits per heavy atom. The van der Waals surface area contributed by atoms with Crippen molar-refractivity contribution in [3.8, 4) is 0 Å². The normalized spacial score (nSPS) is 17.8. The van der Waals surface area contributed by atoms with Gasteiger partial charge >= 0.3 is 0 Å². The molecule has 0 amide bonds. The first-order valence-corrected chi connectivity index (χ1v) is 5.99. The van der Waals surface area contributed by atoms with Crippen molar-refractivity contribution in [2.24, 2.45) is 5.92 Å². The number of benzene rings is 1. The fourth-order valence-electron chi connectivity index (χ4n) is 2.22. The minimum Gasteiger partial charge on any atom is -0.300 e. The number of hydrogen-bond donors (Lipinski definition) is 0. The zero-order valence-electron chi connectivity index (χ0n) is 9.01. The number of rotatable bonds is 2. The molecule has 1 aliphatic carbocycles. The second-order valence-corrected chi connectivity index (χ2v) is 4.79. The summed E-state index contributed by atoms with van der Waals surface area (Å²) in [5, 5.41) is 0.497. The molecule has 1 saturated carbocycles. The van der Waals surface area contributed by atoms with Crippen molar-refractivity contribution in [3.05, 3.63) is 34.6 Å². The summed E-state index contributed by atoms with van der Waals surface area (Å²) in [5.74, 6) is 0.493. The second-order valence-electron chi connectivity index (χ2n) is 4.39. The first kappa shape index (κ1) is 11.6. The minimum absolute atomic E-state index is 0.232. The van der Waals surface area contributed by atoms with Crippen LogP contribution in [0.4, 0.5) is 4.39 Å². The van der Waals surface area contributed by atoms with Gasteiger partial charge in [-0.3, -0.25) is 4.79 Å². The molecule has 1 fully saturated rings. The van der Waals surface area contributed by atoms with E-state index in [0.29, 0.717) is 41.5 Å². The summed E-state index contributed by atoms with van der Waals surface area (Å²) in [6.45, 7) is 0. The second kappa shape index (κ2) is 4.96. The van der Waals surface area contributed by atoms with Gasteiger partial charge in [0.25, 0.3) is 0 Å². The lowest BCUT2D eigenvalue weighted by Gasteiger charge is -2.21.